The van der Waals surface area contributed by atoms with Crippen LogP contribution in [-0.4, -0.2) is 38.6 Å². The maximum atomic E-state index is 12.9. The largest absolute Gasteiger partial charge is 0.384 e. The summed E-state index contributed by atoms with van der Waals surface area (Å²) >= 11 is 0. The molecule has 1 aromatic rings. The van der Waals surface area contributed by atoms with Crippen molar-refractivity contribution in [3.8, 4) is 0 Å². The van der Waals surface area contributed by atoms with Gasteiger partial charge in [-0.2, -0.15) is 0 Å². The van der Waals surface area contributed by atoms with Crippen LogP contribution in [0.15, 0.2) is 18.2 Å². The van der Waals surface area contributed by atoms with E-state index in [1.54, 1.807) is 13.2 Å². The fourth-order valence-electron chi connectivity index (χ4n) is 2.91. The van der Waals surface area contributed by atoms with E-state index in [0.29, 0.717) is 12.3 Å². The molecule has 0 atom stereocenters. The summed E-state index contributed by atoms with van der Waals surface area (Å²) in [6, 6.07) is 5.49. The summed E-state index contributed by atoms with van der Waals surface area (Å²) in [4.78, 5) is 24.1. The third-order valence-corrected chi connectivity index (χ3v) is 4.27. The van der Waals surface area contributed by atoms with E-state index in [1.807, 2.05) is 19.1 Å². The van der Waals surface area contributed by atoms with E-state index in [0.717, 1.165) is 37.2 Å². The number of methoxy groups -OCH3 is 1. The molecule has 2 rings (SSSR count). The van der Waals surface area contributed by atoms with Gasteiger partial charge < -0.3 is 20.7 Å². The van der Waals surface area contributed by atoms with Gasteiger partial charge >= 0.3 is 0 Å². The van der Waals surface area contributed by atoms with Gasteiger partial charge in [0.25, 0.3) is 0 Å². The average molecular weight is 319 g/mol. The molecular formula is C17H25N3O3. The Morgan fingerprint density at radius 2 is 1.96 bits per heavy atom. The molecule has 2 amide bonds. The van der Waals surface area contributed by atoms with Crippen LogP contribution in [0.1, 0.15) is 25.3 Å². The Labute approximate surface area is 137 Å². The van der Waals surface area contributed by atoms with Crippen molar-refractivity contribution in [2.75, 3.05) is 37.4 Å². The number of anilines is 2. The predicted octanol–water partition coefficient (Wildman–Crippen LogP) is 1.91. The van der Waals surface area contributed by atoms with Crippen LogP contribution in [0, 0.1) is 12.3 Å². The van der Waals surface area contributed by atoms with Crippen molar-refractivity contribution < 1.29 is 14.3 Å². The van der Waals surface area contributed by atoms with Gasteiger partial charge in [-0.25, -0.2) is 0 Å². The second kappa shape index (κ2) is 7.57. The molecule has 1 fully saturated rings. The highest BCUT2D eigenvalue weighted by Crippen LogP contribution is 2.32. The maximum Gasteiger partial charge on any atom is 0.233 e. The van der Waals surface area contributed by atoms with Crippen LogP contribution >= 0.6 is 0 Å². The molecule has 0 bridgehead atoms. The molecule has 0 spiro atoms. The highest BCUT2D eigenvalue weighted by molar-refractivity contribution is 5.97. The number of amides is 2. The van der Waals surface area contributed by atoms with E-state index in [9.17, 15) is 9.59 Å². The lowest BCUT2D eigenvalue weighted by molar-refractivity contribution is -0.130. The van der Waals surface area contributed by atoms with E-state index in [2.05, 4.69) is 16.0 Å². The second-order valence-electron chi connectivity index (χ2n) is 6.13. The van der Waals surface area contributed by atoms with E-state index in [1.165, 1.54) is 6.92 Å². The third kappa shape index (κ3) is 4.30. The predicted molar refractivity (Wildman–Crippen MR) is 90.5 cm³/mol. The lowest BCUT2D eigenvalue weighted by Gasteiger charge is -2.35. The first-order valence-electron chi connectivity index (χ1n) is 7.86. The molecule has 23 heavy (non-hydrogen) atoms. The van der Waals surface area contributed by atoms with Gasteiger partial charge in [0, 0.05) is 25.4 Å². The van der Waals surface area contributed by atoms with Gasteiger partial charge in [-0.15, -0.1) is 0 Å². The van der Waals surface area contributed by atoms with Crippen LogP contribution in [0.4, 0.5) is 11.4 Å². The molecule has 0 radical (unpaired) electrons. The number of piperidine rings is 1. The monoisotopic (exact) mass is 319 g/mol. The molecule has 6 nitrogen and oxygen atoms in total. The number of carbonyl (C=O) groups excluding carboxylic acids is 2. The van der Waals surface area contributed by atoms with Crippen LogP contribution in [0.5, 0.6) is 0 Å². The number of ether oxygens (including phenoxy) is 1. The fourth-order valence-corrected chi connectivity index (χ4v) is 2.91. The molecule has 1 saturated heterocycles. The molecule has 0 aliphatic carbocycles. The third-order valence-electron chi connectivity index (χ3n) is 4.27. The second-order valence-corrected chi connectivity index (χ2v) is 6.13. The van der Waals surface area contributed by atoms with Crippen molar-refractivity contribution in [3.05, 3.63) is 23.8 Å². The van der Waals surface area contributed by atoms with Gasteiger partial charge in [0.05, 0.1) is 12.0 Å². The van der Waals surface area contributed by atoms with E-state index in [4.69, 9.17) is 4.74 Å². The van der Waals surface area contributed by atoms with E-state index >= 15 is 0 Å². The Bertz CT molecular complexity index is 575. The first-order chi connectivity index (χ1) is 11.0. The molecule has 1 heterocycles. The van der Waals surface area contributed by atoms with Gasteiger partial charge in [-0.05, 0) is 50.6 Å². The summed E-state index contributed by atoms with van der Waals surface area (Å²) in [5.41, 5.74) is 1.84. The summed E-state index contributed by atoms with van der Waals surface area (Å²) in [7, 11) is 1.62. The number of aryl methyl sites for hydroxylation is 1. The topological polar surface area (TPSA) is 79.5 Å². The van der Waals surface area contributed by atoms with Crippen molar-refractivity contribution in [2.24, 2.45) is 5.41 Å². The minimum atomic E-state index is -0.504. The quantitative estimate of drug-likeness (QED) is 0.774. The Morgan fingerprint density at radius 1 is 1.26 bits per heavy atom. The maximum absolute atomic E-state index is 12.9. The first-order valence-corrected chi connectivity index (χ1v) is 7.86. The summed E-state index contributed by atoms with van der Waals surface area (Å²) < 4.78 is 5.30. The van der Waals surface area contributed by atoms with Crippen LogP contribution < -0.4 is 16.0 Å². The van der Waals surface area contributed by atoms with E-state index in [-0.39, 0.29) is 11.8 Å². The number of rotatable bonds is 5. The molecule has 1 aromatic carbocycles. The Hall–Kier alpha value is -1.92. The number of benzene rings is 1. The SMILES string of the molecule is COCC1(C(=O)Nc2cc(NC(C)=O)ccc2C)CCNCC1. The zero-order chi connectivity index (χ0) is 16.9. The molecule has 6 heteroatoms. The summed E-state index contributed by atoms with van der Waals surface area (Å²) in [6.07, 6.45) is 1.49. The molecule has 1 aliphatic rings. The highest BCUT2D eigenvalue weighted by Gasteiger charge is 2.39. The zero-order valence-electron chi connectivity index (χ0n) is 14.0. The minimum absolute atomic E-state index is 0.0241. The normalized spacial score (nSPS) is 16.7. The van der Waals surface area contributed by atoms with Crippen LogP contribution in [0.3, 0.4) is 0 Å². The van der Waals surface area contributed by atoms with Crippen molar-refractivity contribution in [1.82, 2.24) is 5.32 Å². The molecular weight excluding hydrogens is 294 g/mol. The Balaban J connectivity index is 2.19. The van der Waals surface area contributed by atoms with Gasteiger partial charge in [-0.1, -0.05) is 6.07 Å². The van der Waals surface area contributed by atoms with Gasteiger partial charge in [-0.3, -0.25) is 9.59 Å². The summed E-state index contributed by atoms with van der Waals surface area (Å²) in [5.74, 6) is -0.163. The van der Waals surface area contributed by atoms with Gasteiger partial charge in [0.1, 0.15) is 0 Å². The van der Waals surface area contributed by atoms with Crippen molar-refractivity contribution in [3.63, 3.8) is 0 Å². The number of nitrogens with one attached hydrogen (secondary N) is 3. The fraction of sp³-hybridized carbons (Fsp3) is 0.529. The Kier molecular flexibility index (Phi) is 5.74. The standard InChI is InChI=1S/C17H25N3O3/c1-12-4-5-14(19-13(2)21)10-15(12)20-16(22)17(11-23-3)6-8-18-9-7-17/h4-5,10,18H,6-9,11H2,1-3H3,(H,19,21)(H,20,22). The lowest BCUT2D eigenvalue weighted by Crippen LogP contribution is -2.47. The molecule has 0 aromatic heterocycles. The molecule has 3 N–H and O–H groups in total. The molecule has 0 unspecified atom stereocenters. The van der Waals surface area contributed by atoms with Gasteiger partial charge in [0.2, 0.25) is 11.8 Å². The van der Waals surface area contributed by atoms with Crippen molar-refractivity contribution >= 4 is 23.2 Å². The number of hydrogen-bond donors (Lipinski definition) is 3. The molecule has 126 valence electrons. The van der Waals surface area contributed by atoms with Crippen LogP contribution in [0.2, 0.25) is 0 Å². The zero-order valence-corrected chi connectivity index (χ0v) is 14.0. The smallest absolute Gasteiger partial charge is 0.233 e. The van der Waals surface area contributed by atoms with Crippen LogP contribution in [0.25, 0.3) is 0 Å². The van der Waals surface area contributed by atoms with E-state index < -0.39 is 5.41 Å². The molecule has 0 saturated carbocycles. The highest BCUT2D eigenvalue weighted by atomic mass is 16.5. The van der Waals surface area contributed by atoms with Gasteiger partial charge in [0.15, 0.2) is 0 Å². The first kappa shape index (κ1) is 17.4. The average Bonchev–Trinajstić information content (AvgIpc) is 2.51. The van der Waals surface area contributed by atoms with Crippen molar-refractivity contribution in [2.45, 2.75) is 26.7 Å². The molecule has 1 aliphatic heterocycles. The number of hydrogen-bond acceptors (Lipinski definition) is 4. The Morgan fingerprint density at radius 3 is 2.57 bits per heavy atom. The van der Waals surface area contributed by atoms with Crippen LogP contribution in [-0.2, 0) is 14.3 Å². The summed E-state index contributed by atoms with van der Waals surface area (Å²) in [6.45, 7) is 5.41. The number of carbonyl (C=O) groups is 2. The lowest BCUT2D eigenvalue weighted by atomic mass is 9.78. The minimum Gasteiger partial charge on any atom is -0.384 e. The van der Waals surface area contributed by atoms with Crippen molar-refractivity contribution in [1.29, 1.82) is 0 Å². The summed E-state index contributed by atoms with van der Waals surface area (Å²) in [5, 5.41) is 9.03.